The number of halogens is 1. The zero-order valence-corrected chi connectivity index (χ0v) is 21.5. The summed E-state index contributed by atoms with van der Waals surface area (Å²) in [6, 6.07) is 15.8. The van der Waals surface area contributed by atoms with Crippen molar-refractivity contribution in [1.29, 1.82) is 0 Å². The molecule has 1 atom stereocenters. The average molecular weight is 509 g/mol. The second kappa shape index (κ2) is 12.5. The third-order valence-corrected chi connectivity index (χ3v) is 7.85. The van der Waals surface area contributed by atoms with Gasteiger partial charge in [0.1, 0.15) is 12.4 Å². The Labute approximate surface area is 218 Å². The molecule has 1 fully saturated rings. The normalized spacial score (nSPS) is 16.5. The summed E-state index contributed by atoms with van der Waals surface area (Å²) in [5, 5.41) is 21.6. The van der Waals surface area contributed by atoms with Crippen LogP contribution in [-0.4, -0.2) is 52.8 Å². The fourth-order valence-corrected chi connectivity index (χ4v) is 5.69. The number of carboxylic acids is 1. The average Bonchev–Trinajstić information content (AvgIpc) is 2.92. The lowest BCUT2D eigenvalue weighted by Crippen LogP contribution is -2.41. The van der Waals surface area contributed by atoms with Gasteiger partial charge in [-0.1, -0.05) is 30.3 Å². The van der Waals surface area contributed by atoms with Crippen molar-refractivity contribution >= 4 is 16.9 Å². The van der Waals surface area contributed by atoms with E-state index in [1.54, 1.807) is 25.3 Å². The molecule has 2 heterocycles. The molecule has 1 aromatic heterocycles. The predicted molar refractivity (Wildman–Crippen MR) is 142 cm³/mol. The van der Waals surface area contributed by atoms with Crippen molar-refractivity contribution in [2.24, 2.45) is 5.41 Å². The van der Waals surface area contributed by atoms with E-state index < -0.39 is 18.7 Å². The number of aliphatic hydroxyl groups excluding tert-OH is 1. The zero-order valence-electron chi connectivity index (χ0n) is 21.5. The Morgan fingerprint density at radius 1 is 1.19 bits per heavy atom. The number of aryl methyl sites for hydroxylation is 1. The summed E-state index contributed by atoms with van der Waals surface area (Å²) in [5.74, 6) is -0.198. The van der Waals surface area contributed by atoms with Crippen LogP contribution in [0.5, 0.6) is 5.75 Å². The van der Waals surface area contributed by atoms with Crippen molar-refractivity contribution in [1.82, 2.24) is 9.88 Å². The molecule has 4 rings (SSSR count). The molecular weight excluding hydrogens is 471 g/mol. The third-order valence-electron chi connectivity index (χ3n) is 7.85. The van der Waals surface area contributed by atoms with Gasteiger partial charge < -0.3 is 19.8 Å². The van der Waals surface area contributed by atoms with E-state index in [-0.39, 0.29) is 11.8 Å². The summed E-state index contributed by atoms with van der Waals surface area (Å²) in [5.41, 5.74) is 2.50. The molecule has 0 amide bonds. The number of aliphatic hydroxyl groups is 1. The van der Waals surface area contributed by atoms with Gasteiger partial charge in [0.05, 0.1) is 25.2 Å². The van der Waals surface area contributed by atoms with Gasteiger partial charge >= 0.3 is 5.97 Å². The summed E-state index contributed by atoms with van der Waals surface area (Å²) < 4.78 is 19.2. The van der Waals surface area contributed by atoms with Gasteiger partial charge in [-0.05, 0) is 92.9 Å². The summed E-state index contributed by atoms with van der Waals surface area (Å²) in [6.45, 7) is 1.96. The largest absolute Gasteiger partial charge is 0.497 e. The molecule has 1 unspecified atom stereocenters. The van der Waals surface area contributed by atoms with Crippen molar-refractivity contribution in [2.75, 3.05) is 26.7 Å². The molecule has 6 nitrogen and oxygen atoms in total. The molecule has 0 saturated carbocycles. The van der Waals surface area contributed by atoms with Gasteiger partial charge in [-0.3, -0.25) is 9.78 Å². The van der Waals surface area contributed by atoms with E-state index in [0.29, 0.717) is 40.6 Å². The number of piperidine rings is 1. The Morgan fingerprint density at radius 2 is 1.95 bits per heavy atom. The van der Waals surface area contributed by atoms with Gasteiger partial charge in [0, 0.05) is 17.1 Å². The number of carbonyl (C=O) groups is 1. The van der Waals surface area contributed by atoms with Gasteiger partial charge in [-0.2, -0.15) is 0 Å². The first-order valence-corrected chi connectivity index (χ1v) is 13.1. The number of alkyl halides is 1. The zero-order chi connectivity index (χ0) is 26.3. The summed E-state index contributed by atoms with van der Waals surface area (Å²) in [4.78, 5) is 18.6. The van der Waals surface area contributed by atoms with E-state index in [0.717, 1.165) is 45.3 Å². The molecule has 2 aromatic carbocycles. The van der Waals surface area contributed by atoms with Crippen molar-refractivity contribution in [3.8, 4) is 5.75 Å². The number of benzene rings is 2. The highest BCUT2D eigenvalue weighted by Crippen LogP contribution is 2.42. The Morgan fingerprint density at radius 3 is 2.62 bits per heavy atom. The Balaban J connectivity index is 1.42. The first kappa shape index (κ1) is 27.0. The first-order chi connectivity index (χ1) is 17.9. The number of aromatic nitrogens is 1. The predicted octanol–water partition coefficient (Wildman–Crippen LogP) is 5.72. The van der Waals surface area contributed by atoms with Crippen molar-refractivity contribution in [3.63, 3.8) is 0 Å². The molecule has 198 valence electrons. The van der Waals surface area contributed by atoms with Gasteiger partial charge in [0.2, 0.25) is 0 Å². The SMILES string of the molecule is COc1ccc2ncc(CF)c(C(O)CCC3(CC(=O)O)CCN(CCCc4ccccc4)CC3)c2c1. The number of aliphatic carboxylic acids is 1. The fourth-order valence-electron chi connectivity index (χ4n) is 5.69. The summed E-state index contributed by atoms with van der Waals surface area (Å²) >= 11 is 0. The van der Waals surface area contributed by atoms with Crippen LogP contribution in [0.1, 0.15) is 61.3 Å². The molecule has 0 spiro atoms. The molecule has 3 aromatic rings. The van der Waals surface area contributed by atoms with Crippen molar-refractivity contribution in [2.45, 2.75) is 57.7 Å². The van der Waals surface area contributed by atoms with Crippen LogP contribution in [0.25, 0.3) is 10.9 Å². The summed E-state index contributed by atoms with van der Waals surface area (Å²) in [7, 11) is 1.56. The molecule has 1 aliphatic heterocycles. The lowest BCUT2D eigenvalue weighted by molar-refractivity contribution is -0.141. The molecule has 0 radical (unpaired) electrons. The fraction of sp³-hybridized carbons (Fsp3) is 0.467. The molecule has 7 heteroatoms. The highest BCUT2D eigenvalue weighted by Gasteiger charge is 2.37. The number of likely N-dealkylation sites (tertiary alicyclic amines) is 1. The first-order valence-electron chi connectivity index (χ1n) is 13.1. The topological polar surface area (TPSA) is 82.9 Å². The highest BCUT2D eigenvalue weighted by atomic mass is 19.1. The van der Waals surface area contributed by atoms with Crippen LogP contribution < -0.4 is 4.74 Å². The van der Waals surface area contributed by atoms with E-state index >= 15 is 0 Å². The van der Waals surface area contributed by atoms with Crippen LogP contribution in [0, 0.1) is 5.41 Å². The van der Waals surface area contributed by atoms with E-state index in [4.69, 9.17) is 4.74 Å². The maximum absolute atomic E-state index is 13.9. The van der Waals surface area contributed by atoms with Crippen LogP contribution in [-0.2, 0) is 17.9 Å². The van der Waals surface area contributed by atoms with Crippen molar-refractivity contribution < 1.29 is 24.1 Å². The Bertz CT molecular complexity index is 1170. The van der Waals surface area contributed by atoms with E-state index in [1.165, 1.54) is 11.8 Å². The van der Waals surface area contributed by atoms with E-state index in [1.807, 2.05) is 6.07 Å². The van der Waals surface area contributed by atoms with Crippen LogP contribution in [0.4, 0.5) is 4.39 Å². The van der Waals surface area contributed by atoms with E-state index in [9.17, 15) is 19.4 Å². The van der Waals surface area contributed by atoms with Crippen LogP contribution in [0.3, 0.4) is 0 Å². The minimum Gasteiger partial charge on any atom is -0.497 e. The number of nitrogens with zero attached hydrogens (tertiary/aromatic N) is 2. The van der Waals surface area contributed by atoms with Gasteiger partial charge in [0.15, 0.2) is 0 Å². The lowest BCUT2D eigenvalue weighted by Gasteiger charge is -2.41. The minimum atomic E-state index is -0.919. The number of fused-ring (bicyclic) bond motifs is 1. The molecule has 1 saturated heterocycles. The number of rotatable bonds is 12. The smallest absolute Gasteiger partial charge is 0.303 e. The Hall–Kier alpha value is -3.03. The molecular formula is C30H37FN2O4. The maximum atomic E-state index is 13.9. The Kier molecular flexibility index (Phi) is 9.11. The van der Waals surface area contributed by atoms with Crippen LogP contribution in [0.2, 0.25) is 0 Å². The third kappa shape index (κ3) is 6.84. The molecule has 0 aliphatic carbocycles. The highest BCUT2D eigenvalue weighted by molar-refractivity contribution is 5.85. The number of pyridine rings is 1. The number of hydrogen-bond acceptors (Lipinski definition) is 5. The quantitative estimate of drug-likeness (QED) is 0.326. The standard InChI is InChI=1S/C30H37FN2O4/c1-37-24-9-10-26-25(18-24)29(23(20-31)21-32-26)27(34)11-12-30(19-28(35)36)13-16-33(17-14-30)15-5-8-22-6-3-2-4-7-22/h2-4,6-7,9-10,18,21,27,34H,5,8,11-17,19-20H2,1H3,(H,35,36). The molecule has 2 N–H and O–H groups in total. The molecule has 0 bridgehead atoms. The number of carboxylic acid groups (broad SMARTS) is 1. The molecule has 37 heavy (non-hydrogen) atoms. The van der Waals surface area contributed by atoms with Gasteiger partial charge in [-0.15, -0.1) is 0 Å². The summed E-state index contributed by atoms with van der Waals surface area (Å²) in [6.07, 6.45) is 5.23. The van der Waals surface area contributed by atoms with E-state index in [2.05, 4.69) is 34.1 Å². The van der Waals surface area contributed by atoms with Crippen molar-refractivity contribution in [3.05, 3.63) is 71.4 Å². The monoisotopic (exact) mass is 508 g/mol. The number of methoxy groups -OCH3 is 1. The second-order valence-corrected chi connectivity index (χ2v) is 10.3. The maximum Gasteiger partial charge on any atom is 0.303 e. The van der Waals surface area contributed by atoms with Gasteiger partial charge in [-0.25, -0.2) is 4.39 Å². The van der Waals surface area contributed by atoms with Crippen LogP contribution in [0.15, 0.2) is 54.7 Å². The second-order valence-electron chi connectivity index (χ2n) is 10.3. The lowest BCUT2D eigenvalue weighted by atomic mass is 9.71. The molecule has 1 aliphatic rings. The van der Waals surface area contributed by atoms with Crippen LogP contribution >= 0.6 is 0 Å². The van der Waals surface area contributed by atoms with Gasteiger partial charge in [0.25, 0.3) is 0 Å². The number of ether oxygens (including phenoxy) is 1. The minimum absolute atomic E-state index is 0.0818. The number of hydrogen-bond donors (Lipinski definition) is 2.